The minimum atomic E-state index is -0.526. The van der Waals surface area contributed by atoms with Gasteiger partial charge in [-0.1, -0.05) is 18.2 Å². The molecule has 0 radical (unpaired) electrons. The maximum atomic E-state index is 13.2. The number of hydrogen-bond donors (Lipinski definition) is 3. The van der Waals surface area contributed by atoms with Crippen LogP contribution in [0.3, 0.4) is 0 Å². The van der Waals surface area contributed by atoms with Gasteiger partial charge in [0.15, 0.2) is 0 Å². The van der Waals surface area contributed by atoms with Crippen LogP contribution in [-0.2, 0) is 0 Å². The highest BCUT2D eigenvalue weighted by Crippen LogP contribution is 2.24. The summed E-state index contributed by atoms with van der Waals surface area (Å²) in [5.74, 6) is 1.60. The van der Waals surface area contributed by atoms with Crippen LogP contribution in [0.1, 0.15) is 33.6 Å². The first-order valence-corrected chi connectivity index (χ1v) is 13.2. The number of para-hydroxylation sites is 1. The fourth-order valence-corrected chi connectivity index (χ4v) is 5.19. The molecule has 39 heavy (non-hydrogen) atoms. The monoisotopic (exact) mass is 526 g/mol. The van der Waals surface area contributed by atoms with E-state index in [0.717, 1.165) is 42.8 Å². The highest BCUT2D eigenvalue weighted by molar-refractivity contribution is 6.04. The van der Waals surface area contributed by atoms with Crippen LogP contribution >= 0.6 is 0 Å². The molecule has 2 amide bonds. The number of anilines is 2. The topological polar surface area (TPSA) is 145 Å². The van der Waals surface area contributed by atoms with Crippen LogP contribution in [0.5, 0.6) is 0 Å². The zero-order valence-electron chi connectivity index (χ0n) is 21.5. The summed E-state index contributed by atoms with van der Waals surface area (Å²) in [5.41, 5.74) is 8.51. The first kappa shape index (κ1) is 24.8. The van der Waals surface area contributed by atoms with Crippen molar-refractivity contribution in [2.75, 3.05) is 49.1 Å². The summed E-state index contributed by atoms with van der Waals surface area (Å²) in [6.45, 7) is 4.00. The fourth-order valence-electron chi connectivity index (χ4n) is 5.19. The van der Waals surface area contributed by atoms with Crippen molar-refractivity contribution in [2.24, 2.45) is 5.73 Å². The third-order valence-electron chi connectivity index (χ3n) is 7.45. The predicted molar refractivity (Wildman–Crippen MR) is 148 cm³/mol. The number of primary amides is 1. The SMILES string of the molecule is NC(=O)c1cccc2[nH]c(-c3ccc(C(=O)N4CCN(c5nccc(N6CCC(O)CC6)n5)CC4)cc3)nc12. The van der Waals surface area contributed by atoms with E-state index >= 15 is 0 Å². The number of fused-ring (bicyclic) bond motifs is 1. The lowest BCUT2D eigenvalue weighted by atomic mass is 10.1. The second kappa shape index (κ2) is 10.3. The molecule has 2 aromatic heterocycles. The molecule has 0 unspecified atom stereocenters. The lowest BCUT2D eigenvalue weighted by Crippen LogP contribution is -2.49. The van der Waals surface area contributed by atoms with Crippen molar-refractivity contribution in [3.05, 3.63) is 65.9 Å². The van der Waals surface area contributed by atoms with Crippen molar-refractivity contribution in [1.82, 2.24) is 24.8 Å². The Labute approximate surface area is 225 Å². The number of piperazine rings is 1. The summed E-state index contributed by atoms with van der Waals surface area (Å²) in [5, 5.41) is 9.78. The number of carbonyl (C=O) groups excluding carboxylic acids is 2. The molecule has 0 aliphatic carbocycles. The van der Waals surface area contributed by atoms with E-state index < -0.39 is 5.91 Å². The Morgan fingerprint density at radius 2 is 1.64 bits per heavy atom. The molecule has 4 heterocycles. The van der Waals surface area contributed by atoms with Gasteiger partial charge >= 0.3 is 0 Å². The number of nitrogens with zero attached hydrogens (tertiary/aromatic N) is 6. The molecule has 0 saturated carbocycles. The molecule has 4 aromatic rings. The minimum absolute atomic E-state index is 0.0247. The fraction of sp³-hybridized carbons (Fsp3) is 0.321. The number of carbonyl (C=O) groups is 2. The van der Waals surface area contributed by atoms with Gasteiger partial charge in [-0.25, -0.2) is 9.97 Å². The summed E-state index contributed by atoms with van der Waals surface area (Å²) in [4.78, 5) is 48.1. The Balaban J connectivity index is 1.10. The molecule has 200 valence electrons. The Hall–Kier alpha value is -4.51. The summed E-state index contributed by atoms with van der Waals surface area (Å²) in [7, 11) is 0. The first-order valence-electron chi connectivity index (χ1n) is 13.2. The van der Waals surface area contributed by atoms with E-state index in [-0.39, 0.29) is 12.0 Å². The molecule has 2 saturated heterocycles. The van der Waals surface area contributed by atoms with Gasteiger partial charge in [-0.3, -0.25) is 9.59 Å². The number of benzene rings is 2. The molecule has 2 aromatic carbocycles. The van der Waals surface area contributed by atoms with Crippen molar-refractivity contribution >= 4 is 34.6 Å². The summed E-state index contributed by atoms with van der Waals surface area (Å²) in [6, 6.07) is 14.5. The summed E-state index contributed by atoms with van der Waals surface area (Å²) >= 11 is 0. The van der Waals surface area contributed by atoms with E-state index in [0.29, 0.717) is 54.6 Å². The quantitative estimate of drug-likeness (QED) is 0.358. The Morgan fingerprint density at radius 1 is 0.897 bits per heavy atom. The van der Waals surface area contributed by atoms with Crippen LogP contribution in [0, 0.1) is 0 Å². The molecule has 6 rings (SSSR count). The number of aromatic nitrogens is 4. The number of imidazole rings is 1. The number of nitrogens with two attached hydrogens (primary N) is 1. The second-order valence-corrected chi connectivity index (χ2v) is 9.94. The molecule has 2 aliphatic rings. The Kier molecular flexibility index (Phi) is 6.57. The average Bonchev–Trinajstić information content (AvgIpc) is 3.42. The number of rotatable bonds is 5. The molecule has 0 bridgehead atoms. The van der Waals surface area contributed by atoms with E-state index in [2.05, 4.69) is 24.8 Å². The Bertz CT molecular complexity index is 1500. The molecule has 0 atom stereocenters. The predicted octanol–water partition coefficient (Wildman–Crippen LogP) is 2.04. The summed E-state index contributed by atoms with van der Waals surface area (Å²) < 4.78 is 0. The molecule has 0 spiro atoms. The van der Waals surface area contributed by atoms with Crippen LogP contribution in [0.4, 0.5) is 11.8 Å². The zero-order chi connectivity index (χ0) is 26.9. The molecule has 2 fully saturated rings. The minimum Gasteiger partial charge on any atom is -0.393 e. The first-order chi connectivity index (χ1) is 19.0. The highest BCUT2D eigenvalue weighted by Gasteiger charge is 2.25. The number of hydrogen-bond acceptors (Lipinski definition) is 8. The third kappa shape index (κ3) is 5.00. The molecule has 11 heteroatoms. The van der Waals surface area contributed by atoms with Crippen molar-refractivity contribution in [3.63, 3.8) is 0 Å². The van der Waals surface area contributed by atoms with Crippen LogP contribution in [0.25, 0.3) is 22.4 Å². The molecular formula is C28H30N8O3. The number of aromatic amines is 1. The van der Waals surface area contributed by atoms with Crippen molar-refractivity contribution in [2.45, 2.75) is 18.9 Å². The smallest absolute Gasteiger partial charge is 0.253 e. The second-order valence-electron chi connectivity index (χ2n) is 9.94. The third-order valence-corrected chi connectivity index (χ3v) is 7.45. The normalized spacial score (nSPS) is 16.6. The Morgan fingerprint density at radius 3 is 2.36 bits per heavy atom. The van der Waals surface area contributed by atoms with Gasteiger partial charge in [-0.05, 0) is 43.2 Å². The van der Waals surface area contributed by atoms with Gasteiger partial charge in [0.25, 0.3) is 11.8 Å². The van der Waals surface area contributed by atoms with Gasteiger partial charge < -0.3 is 30.5 Å². The maximum absolute atomic E-state index is 13.2. The van der Waals surface area contributed by atoms with Crippen molar-refractivity contribution in [3.8, 4) is 11.4 Å². The largest absolute Gasteiger partial charge is 0.393 e. The number of aliphatic hydroxyl groups is 1. The number of H-pyrrole nitrogens is 1. The van der Waals surface area contributed by atoms with E-state index in [4.69, 9.17) is 10.7 Å². The van der Waals surface area contributed by atoms with E-state index in [1.54, 1.807) is 30.5 Å². The number of amides is 2. The summed E-state index contributed by atoms with van der Waals surface area (Å²) in [6.07, 6.45) is 3.04. The molecule has 4 N–H and O–H groups in total. The number of nitrogens with one attached hydrogen (secondary N) is 1. The van der Waals surface area contributed by atoms with Crippen LogP contribution in [-0.4, -0.2) is 87.1 Å². The molecule has 11 nitrogen and oxygen atoms in total. The van der Waals surface area contributed by atoms with Gasteiger partial charge in [-0.2, -0.15) is 4.98 Å². The van der Waals surface area contributed by atoms with Gasteiger partial charge in [0.05, 0.1) is 17.2 Å². The van der Waals surface area contributed by atoms with Gasteiger partial charge in [-0.15, -0.1) is 0 Å². The van der Waals surface area contributed by atoms with E-state index in [1.165, 1.54) is 0 Å². The van der Waals surface area contributed by atoms with E-state index in [1.807, 2.05) is 29.2 Å². The highest BCUT2D eigenvalue weighted by atomic mass is 16.3. The standard InChI is InChI=1S/C28H30N8O3/c29-25(38)21-2-1-3-22-24(21)33-26(31-22)18-4-6-19(7-5-18)27(39)35-14-16-36(17-15-35)28-30-11-8-23(32-28)34-12-9-20(37)10-13-34/h1-8,11,20,37H,9-10,12-17H2,(H2,29,38)(H,31,33). The number of aliphatic hydroxyl groups excluding tert-OH is 1. The number of piperidine rings is 1. The van der Waals surface area contributed by atoms with Crippen molar-refractivity contribution in [1.29, 1.82) is 0 Å². The zero-order valence-corrected chi connectivity index (χ0v) is 21.5. The van der Waals surface area contributed by atoms with Gasteiger partial charge in [0.1, 0.15) is 17.2 Å². The lowest BCUT2D eigenvalue weighted by Gasteiger charge is -2.35. The van der Waals surface area contributed by atoms with Crippen LogP contribution < -0.4 is 15.5 Å². The maximum Gasteiger partial charge on any atom is 0.253 e. The molecule has 2 aliphatic heterocycles. The molecular weight excluding hydrogens is 496 g/mol. The van der Waals surface area contributed by atoms with Gasteiger partial charge in [0, 0.05) is 56.6 Å². The van der Waals surface area contributed by atoms with Gasteiger partial charge in [0.2, 0.25) is 5.95 Å². The van der Waals surface area contributed by atoms with Crippen LogP contribution in [0.2, 0.25) is 0 Å². The van der Waals surface area contributed by atoms with Crippen LogP contribution in [0.15, 0.2) is 54.7 Å². The lowest BCUT2D eigenvalue weighted by molar-refractivity contribution is 0.0746. The van der Waals surface area contributed by atoms with E-state index in [9.17, 15) is 14.7 Å². The average molecular weight is 527 g/mol. The van der Waals surface area contributed by atoms with Crippen molar-refractivity contribution < 1.29 is 14.7 Å².